The molecule has 2 aliphatic rings. The van der Waals surface area contributed by atoms with Crippen LogP contribution in [0.3, 0.4) is 0 Å². The molecule has 2 rings (SSSR count). The lowest BCUT2D eigenvalue weighted by Gasteiger charge is -2.46. The molecule has 1 saturated carbocycles. The molecule has 1 aliphatic carbocycles. The molecule has 2 N–H and O–H groups in total. The number of sulfone groups is 1. The zero-order valence-electron chi connectivity index (χ0n) is 12.6. The number of aliphatic hydroxyl groups excluding tert-OH is 1. The number of hydrogen-bond donors (Lipinski definition) is 2. The molecule has 1 heterocycles. The van der Waals surface area contributed by atoms with Gasteiger partial charge in [-0.1, -0.05) is 13.8 Å². The van der Waals surface area contributed by atoms with Crippen LogP contribution in [0.25, 0.3) is 0 Å². The molecule has 0 aromatic rings. The Balaban J connectivity index is 1.99. The van der Waals surface area contributed by atoms with Crippen LogP contribution in [0.2, 0.25) is 0 Å². The topological polar surface area (TPSA) is 69.6 Å². The minimum absolute atomic E-state index is 0.161. The second kappa shape index (κ2) is 6.30. The largest absolute Gasteiger partial charge is 0.394 e. The summed E-state index contributed by atoms with van der Waals surface area (Å²) in [5.41, 5.74) is -0.187. The Bertz CT molecular complexity index is 410. The van der Waals surface area contributed by atoms with Gasteiger partial charge < -0.3 is 10.4 Å². The number of aliphatic hydroxyl groups is 1. The molecule has 5 nitrogen and oxygen atoms in total. The molecule has 6 heteroatoms. The molecule has 0 spiro atoms. The summed E-state index contributed by atoms with van der Waals surface area (Å²) in [6, 6.07) is 0.750. The molecule has 1 saturated heterocycles. The Hall–Kier alpha value is -0.170. The molecule has 0 aromatic carbocycles. The average Bonchev–Trinajstić information content (AvgIpc) is 2.38. The first-order chi connectivity index (χ1) is 9.36. The second-order valence-corrected chi connectivity index (χ2v) is 8.98. The van der Waals surface area contributed by atoms with Crippen molar-refractivity contribution in [1.82, 2.24) is 10.2 Å². The summed E-state index contributed by atoms with van der Waals surface area (Å²) in [7, 11) is -2.81. The second-order valence-electron chi connectivity index (χ2n) is 6.68. The van der Waals surface area contributed by atoms with Gasteiger partial charge in [0, 0.05) is 30.7 Å². The van der Waals surface area contributed by atoms with Gasteiger partial charge >= 0.3 is 0 Å². The first-order valence-corrected chi connectivity index (χ1v) is 9.51. The Labute approximate surface area is 122 Å². The van der Waals surface area contributed by atoms with E-state index in [1.807, 2.05) is 0 Å². The summed E-state index contributed by atoms with van der Waals surface area (Å²) in [5.74, 6) is 0.570. The third kappa shape index (κ3) is 3.93. The van der Waals surface area contributed by atoms with Crippen LogP contribution < -0.4 is 5.32 Å². The maximum absolute atomic E-state index is 11.5. The van der Waals surface area contributed by atoms with Crippen molar-refractivity contribution in [2.45, 2.75) is 57.2 Å². The van der Waals surface area contributed by atoms with Crippen LogP contribution in [0.4, 0.5) is 0 Å². The summed E-state index contributed by atoms with van der Waals surface area (Å²) >= 11 is 0. The van der Waals surface area contributed by atoms with Gasteiger partial charge in [0.1, 0.15) is 0 Å². The minimum atomic E-state index is -2.81. The van der Waals surface area contributed by atoms with E-state index in [0.717, 1.165) is 25.7 Å². The number of rotatable bonds is 4. The first-order valence-electron chi connectivity index (χ1n) is 7.69. The van der Waals surface area contributed by atoms with Gasteiger partial charge in [-0.2, -0.15) is 0 Å². The highest BCUT2D eigenvalue weighted by molar-refractivity contribution is 7.91. The summed E-state index contributed by atoms with van der Waals surface area (Å²) in [6.07, 6.45) is 4.13. The zero-order chi connectivity index (χ0) is 14.8. The van der Waals surface area contributed by atoms with Gasteiger partial charge in [-0.25, -0.2) is 8.42 Å². The van der Waals surface area contributed by atoms with Crippen molar-refractivity contribution >= 4 is 9.84 Å². The van der Waals surface area contributed by atoms with Crippen LogP contribution >= 0.6 is 0 Å². The molecule has 118 valence electrons. The van der Waals surface area contributed by atoms with Crippen molar-refractivity contribution in [3.05, 3.63) is 0 Å². The van der Waals surface area contributed by atoms with E-state index < -0.39 is 9.84 Å². The average molecular weight is 304 g/mol. The smallest absolute Gasteiger partial charge is 0.152 e. The van der Waals surface area contributed by atoms with E-state index in [1.54, 1.807) is 0 Å². The SMILES string of the molecule is CC(C)NC1(CO)CCCC(N2CCS(=O)(=O)CC2)C1. The number of nitrogens with zero attached hydrogens (tertiary/aromatic N) is 1. The molecular formula is C14H28N2O3S. The summed E-state index contributed by atoms with van der Waals surface area (Å²) in [4.78, 5) is 2.31. The molecule has 0 radical (unpaired) electrons. The highest BCUT2D eigenvalue weighted by atomic mass is 32.2. The van der Waals surface area contributed by atoms with Crippen molar-refractivity contribution in [3.63, 3.8) is 0 Å². The van der Waals surface area contributed by atoms with Gasteiger partial charge in [0.2, 0.25) is 0 Å². The van der Waals surface area contributed by atoms with E-state index >= 15 is 0 Å². The van der Waals surface area contributed by atoms with E-state index in [0.29, 0.717) is 25.2 Å². The Kier molecular flexibility index (Phi) is 5.10. The highest BCUT2D eigenvalue weighted by Crippen LogP contribution is 2.32. The third-order valence-corrected chi connectivity index (χ3v) is 6.22. The van der Waals surface area contributed by atoms with Crippen LogP contribution in [0.15, 0.2) is 0 Å². The molecule has 1 aliphatic heterocycles. The van der Waals surface area contributed by atoms with E-state index in [2.05, 4.69) is 24.1 Å². The molecule has 2 atom stereocenters. The molecule has 0 aromatic heterocycles. The quantitative estimate of drug-likeness (QED) is 0.786. The Morgan fingerprint density at radius 2 is 2.00 bits per heavy atom. The maximum atomic E-state index is 11.5. The lowest BCUT2D eigenvalue weighted by Crippen LogP contribution is -2.59. The molecule has 20 heavy (non-hydrogen) atoms. The highest BCUT2D eigenvalue weighted by Gasteiger charge is 2.39. The molecule has 0 amide bonds. The zero-order valence-corrected chi connectivity index (χ0v) is 13.5. The van der Waals surface area contributed by atoms with Crippen molar-refractivity contribution < 1.29 is 13.5 Å². The Morgan fingerprint density at radius 1 is 1.35 bits per heavy atom. The van der Waals surface area contributed by atoms with Gasteiger partial charge in [0.05, 0.1) is 18.1 Å². The minimum Gasteiger partial charge on any atom is -0.394 e. The fourth-order valence-corrected chi connectivity index (χ4v) is 4.90. The third-order valence-electron chi connectivity index (χ3n) is 4.61. The number of hydrogen-bond acceptors (Lipinski definition) is 5. The normalized spacial score (nSPS) is 35.3. The molecule has 2 fully saturated rings. The Morgan fingerprint density at radius 3 is 2.55 bits per heavy atom. The van der Waals surface area contributed by atoms with E-state index in [-0.39, 0.29) is 23.7 Å². The van der Waals surface area contributed by atoms with Crippen LogP contribution in [-0.4, -0.2) is 67.2 Å². The van der Waals surface area contributed by atoms with Crippen molar-refractivity contribution in [2.75, 3.05) is 31.2 Å². The van der Waals surface area contributed by atoms with Crippen molar-refractivity contribution in [1.29, 1.82) is 0 Å². The lowest BCUT2D eigenvalue weighted by atomic mass is 9.78. The van der Waals surface area contributed by atoms with E-state index in [1.165, 1.54) is 0 Å². The van der Waals surface area contributed by atoms with Gasteiger partial charge in [0.15, 0.2) is 9.84 Å². The van der Waals surface area contributed by atoms with Crippen LogP contribution in [-0.2, 0) is 9.84 Å². The van der Waals surface area contributed by atoms with Crippen molar-refractivity contribution in [2.24, 2.45) is 0 Å². The van der Waals surface area contributed by atoms with Crippen molar-refractivity contribution in [3.8, 4) is 0 Å². The fraction of sp³-hybridized carbons (Fsp3) is 1.00. The summed E-state index contributed by atoms with van der Waals surface area (Å²) in [6.45, 7) is 5.67. The molecular weight excluding hydrogens is 276 g/mol. The summed E-state index contributed by atoms with van der Waals surface area (Å²) < 4.78 is 23.1. The van der Waals surface area contributed by atoms with E-state index in [9.17, 15) is 13.5 Å². The van der Waals surface area contributed by atoms with Gasteiger partial charge in [-0.3, -0.25) is 4.90 Å². The molecule has 2 unspecified atom stereocenters. The fourth-order valence-electron chi connectivity index (χ4n) is 3.67. The van der Waals surface area contributed by atoms with Crippen LogP contribution in [0.1, 0.15) is 39.5 Å². The van der Waals surface area contributed by atoms with Crippen LogP contribution in [0.5, 0.6) is 0 Å². The van der Waals surface area contributed by atoms with Crippen LogP contribution in [0, 0.1) is 0 Å². The monoisotopic (exact) mass is 304 g/mol. The summed E-state index contributed by atoms with van der Waals surface area (Å²) in [5, 5.41) is 13.3. The van der Waals surface area contributed by atoms with Gasteiger partial charge in [-0.05, 0) is 25.7 Å². The lowest BCUT2D eigenvalue weighted by molar-refractivity contribution is 0.0575. The predicted molar refractivity (Wildman–Crippen MR) is 80.6 cm³/mol. The van der Waals surface area contributed by atoms with E-state index in [4.69, 9.17) is 0 Å². The number of nitrogens with one attached hydrogen (secondary N) is 1. The molecule has 0 bridgehead atoms. The standard InChI is InChI=1S/C14H28N2O3S/c1-12(2)15-14(11-17)5-3-4-13(10-14)16-6-8-20(18,19)9-7-16/h12-13,15,17H,3-11H2,1-2H3. The van der Waals surface area contributed by atoms with Gasteiger partial charge in [-0.15, -0.1) is 0 Å². The van der Waals surface area contributed by atoms with Gasteiger partial charge in [0.25, 0.3) is 0 Å². The maximum Gasteiger partial charge on any atom is 0.152 e. The predicted octanol–water partition coefficient (Wildman–Crippen LogP) is 0.389. The first kappa shape index (κ1) is 16.2.